The largest absolute Gasteiger partial charge is 0.494 e. The zero-order valence-corrected chi connectivity index (χ0v) is 20.6. The number of unbranched alkanes of at least 4 members (excludes halogenated alkanes) is 2. The molecule has 0 saturated carbocycles. The smallest absolute Gasteiger partial charge is 0.291 e. The van der Waals surface area contributed by atoms with Gasteiger partial charge in [0, 0.05) is 5.56 Å². The van der Waals surface area contributed by atoms with Crippen molar-refractivity contribution in [1.82, 2.24) is 14.6 Å². The highest BCUT2D eigenvalue weighted by Crippen LogP contribution is 2.28. The summed E-state index contributed by atoms with van der Waals surface area (Å²) in [6.45, 7) is 5.56. The van der Waals surface area contributed by atoms with Gasteiger partial charge in [-0.25, -0.2) is 0 Å². The van der Waals surface area contributed by atoms with E-state index in [2.05, 4.69) is 23.9 Å². The molecule has 2 heterocycles. The molecule has 0 unspecified atom stereocenters. The van der Waals surface area contributed by atoms with Crippen LogP contribution in [-0.2, 0) is 0 Å². The fraction of sp³-hybridized carbons (Fsp3) is 0.346. The van der Waals surface area contributed by atoms with Crippen LogP contribution in [0.5, 0.6) is 17.2 Å². The molecule has 0 atom stereocenters. The van der Waals surface area contributed by atoms with Crippen molar-refractivity contribution in [2.75, 3.05) is 20.3 Å². The highest BCUT2D eigenvalue weighted by atomic mass is 32.1. The summed E-state index contributed by atoms with van der Waals surface area (Å²) in [5.74, 6) is 2.67. The summed E-state index contributed by atoms with van der Waals surface area (Å²) in [5.41, 5.74) is 1.49. The van der Waals surface area contributed by atoms with E-state index in [9.17, 15) is 4.79 Å². The Morgan fingerprint density at radius 1 is 0.971 bits per heavy atom. The monoisotopic (exact) mass is 479 g/mol. The van der Waals surface area contributed by atoms with Crippen molar-refractivity contribution in [3.05, 3.63) is 62.9 Å². The minimum absolute atomic E-state index is 0.194. The molecular weight excluding hydrogens is 450 g/mol. The number of benzene rings is 2. The number of nitrogens with zero attached hydrogens (tertiary/aromatic N) is 3. The van der Waals surface area contributed by atoms with E-state index in [-0.39, 0.29) is 5.56 Å². The average Bonchev–Trinajstić information content (AvgIpc) is 3.40. The number of ether oxygens (including phenoxy) is 3. The Balaban J connectivity index is 1.56. The number of thiazole rings is 1. The number of hydrogen-bond donors (Lipinski definition) is 0. The van der Waals surface area contributed by atoms with Crippen LogP contribution in [0.1, 0.15) is 45.1 Å². The maximum Gasteiger partial charge on any atom is 0.291 e. The predicted octanol–water partition coefficient (Wildman–Crippen LogP) is 4.73. The molecule has 2 aromatic heterocycles. The van der Waals surface area contributed by atoms with Crippen LogP contribution in [0.15, 0.2) is 47.3 Å². The fourth-order valence-electron chi connectivity index (χ4n) is 3.45. The summed E-state index contributed by atoms with van der Waals surface area (Å²) in [5, 5.41) is 4.43. The Morgan fingerprint density at radius 2 is 1.79 bits per heavy atom. The Morgan fingerprint density at radius 3 is 2.50 bits per heavy atom. The summed E-state index contributed by atoms with van der Waals surface area (Å²) in [6.07, 6.45) is 6.07. The van der Waals surface area contributed by atoms with Crippen molar-refractivity contribution in [3.63, 3.8) is 0 Å². The van der Waals surface area contributed by atoms with E-state index in [0.29, 0.717) is 40.0 Å². The van der Waals surface area contributed by atoms with E-state index in [0.717, 1.165) is 42.6 Å². The molecule has 34 heavy (non-hydrogen) atoms. The first-order chi connectivity index (χ1) is 16.6. The molecule has 0 N–H and O–H groups in total. The third-order valence-electron chi connectivity index (χ3n) is 5.26. The Labute approximate surface area is 202 Å². The number of methoxy groups -OCH3 is 1. The van der Waals surface area contributed by atoms with Crippen molar-refractivity contribution in [2.24, 2.45) is 0 Å². The summed E-state index contributed by atoms with van der Waals surface area (Å²) in [6, 6.07) is 13.3. The summed E-state index contributed by atoms with van der Waals surface area (Å²) < 4.78 is 18.9. The van der Waals surface area contributed by atoms with E-state index in [1.807, 2.05) is 48.5 Å². The Bertz CT molecular complexity index is 1350. The fourth-order valence-corrected chi connectivity index (χ4v) is 4.36. The first kappa shape index (κ1) is 23.8. The van der Waals surface area contributed by atoms with Gasteiger partial charge in [-0.3, -0.25) is 4.79 Å². The van der Waals surface area contributed by atoms with Crippen molar-refractivity contribution in [1.29, 1.82) is 0 Å². The van der Waals surface area contributed by atoms with E-state index in [1.165, 1.54) is 15.9 Å². The van der Waals surface area contributed by atoms with Crippen LogP contribution in [-0.4, -0.2) is 34.9 Å². The van der Waals surface area contributed by atoms with E-state index in [4.69, 9.17) is 14.2 Å². The molecule has 2 aromatic carbocycles. The quantitative estimate of drug-likeness (QED) is 0.290. The highest BCUT2D eigenvalue weighted by molar-refractivity contribution is 7.15. The molecule has 4 rings (SSSR count). The van der Waals surface area contributed by atoms with Crippen molar-refractivity contribution in [3.8, 4) is 28.6 Å². The first-order valence-corrected chi connectivity index (χ1v) is 12.4. The zero-order valence-electron chi connectivity index (χ0n) is 19.7. The first-order valence-electron chi connectivity index (χ1n) is 11.6. The molecule has 0 aliphatic rings. The lowest BCUT2D eigenvalue weighted by atomic mass is 10.2. The number of aromatic nitrogens is 3. The molecule has 0 aliphatic carbocycles. The molecule has 0 amide bonds. The lowest BCUT2D eigenvalue weighted by molar-refractivity contribution is 0.286. The van der Waals surface area contributed by atoms with E-state index in [1.54, 1.807) is 7.11 Å². The zero-order chi connectivity index (χ0) is 23.9. The van der Waals surface area contributed by atoms with Gasteiger partial charge >= 0.3 is 0 Å². The van der Waals surface area contributed by atoms with Crippen LogP contribution in [0.2, 0.25) is 0 Å². The van der Waals surface area contributed by atoms with Crippen LogP contribution >= 0.6 is 11.3 Å². The minimum atomic E-state index is -0.194. The second kappa shape index (κ2) is 11.2. The topological polar surface area (TPSA) is 75.0 Å². The third kappa shape index (κ3) is 5.39. The molecule has 178 valence electrons. The molecule has 8 heteroatoms. The number of rotatable bonds is 11. The SMILES string of the molecule is CCCCCOc1ccc(/C=c2\sc3nc(-c4ccc(OCCC)cc4)nn3c2=O)cc1OC. The minimum Gasteiger partial charge on any atom is -0.494 e. The van der Waals surface area contributed by atoms with Gasteiger partial charge in [-0.15, -0.1) is 5.10 Å². The van der Waals surface area contributed by atoms with E-state index >= 15 is 0 Å². The third-order valence-corrected chi connectivity index (χ3v) is 6.22. The summed E-state index contributed by atoms with van der Waals surface area (Å²) >= 11 is 1.31. The number of hydrogen-bond acceptors (Lipinski definition) is 7. The molecule has 0 aliphatic heterocycles. The van der Waals surface area contributed by atoms with Crippen LogP contribution in [0, 0.1) is 0 Å². The van der Waals surface area contributed by atoms with E-state index < -0.39 is 0 Å². The van der Waals surface area contributed by atoms with Gasteiger partial charge in [-0.2, -0.15) is 9.50 Å². The second-order valence-corrected chi connectivity index (χ2v) is 8.89. The molecule has 7 nitrogen and oxygen atoms in total. The maximum atomic E-state index is 12.9. The highest BCUT2D eigenvalue weighted by Gasteiger charge is 2.13. The van der Waals surface area contributed by atoms with Crippen molar-refractivity contribution in [2.45, 2.75) is 39.5 Å². The molecule has 0 spiro atoms. The maximum absolute atomic E-state index is 12.9. The van der Waals surface area contributed by atoms with Crippen molar-refractivity contribution < 1.29 is 14.2 Å². The molecule has 4 aromatic rings. The van der Waals surface area contributed by atoms with Crippen LogP contribution in [0.25, 0.3) is 22.4 Å². The molecule has 0 radical (unpaired) electrons. The summed E-state index contributed by atoms with van der Waals surface area (Å²) in [7, 11) is 1.62. The lowest BCUT2D eigenvalue weighted by Crippen LogP contribution is -2.23. The lowest BCUT2D eigenvalue weighted by Gasteiger charge is -2.11. The standard InChI is InChI=1S/C26H29N3O4S/c1-4-6-7-15-33-21-13-8-18(16-22(21)31-3)17-23-25(30)29-26(34-23)27-24(28-29)19-9-11-20(12-10-19)32-14-5-2/h8-13,16-17H,4-7,14-15H2,1-3H3/b23-17-. The normalized spacial score (nSPS) is 11.8. The Kier molecular flexibility index (Phi) is 7.80. The van der Waals surface area contributed by atoms with Crippen LogP contribution in [0.4, 0.5) is 0 Å². The van der Waals surface area contributed by atoms with Gasteiger partial charge in [0.1, 0.15) is 5.75 Å². The average molecular weight is 480 g/mol. The van der Waals surface area contributed by atoms with Gasteiger partial charge in [-0.05, 0) is 60.9 Å². The Hall–Kier alpha value is -3.39. The van der Waals surface area contributed by atoms with Gasteiger partial charge in [0.25, 0.3) is 5.56 Å². The second-order valence-electron chi connectivity index (χ2n) is 7.88. The van der Waals surface area contributed by atoms with Gasteiger partial charge < -0.3 is 14.2 Å². The van der Waals surface area contributed by atoms with Gasteiger partial charge in [0.15, 0.2) is 17.3 Å². The molecule has 0 saturated heterocycles. The van der Waals surface area contributed by atoms with Crippen LogP contribution in [0.3, 0.4) is 0 Å². The predicted molar refractivity (Wildman–Crippen MR) is 135 cm³/mol. The van der Waals surface area contributed by atoms with Gasteiger partial charge in [0.05, 0.1) is 24.9 Å². The van der Waals surface area contributed by atoms with Crippen LogP contribution < -0.4 is 24.3 Å². The summed E-state index contributed by atoms with van der Waals surface area (Å²) in [4.78, 5) is 18.1. The van der Waals surface area contributed by atoms with Gasteiger partial charge in [0.2, 0.25) is 4.96 Å². The molecular formula is C26H29N3O4S. The molecule has 0 bridgehead atoms. The number of fused-ring (bicyclic) bond motifs is 1. The van der Waals surface area contributed by atoms with Gasteiger partial charge in [-0.1, -0.05) is 44.1 Å². The molecule has 0 fully saturated rings. The van der Waals surface area contributed by atoms with Crippen molar-refractivity contribution >= 4 is 22.4 Å².